The third-order valence-electron chi connectivity index (χ3n) is 3.59. The SMILES string of the molecule is CC(CC(=O)O)c1c[nH]c2cccc(-c3ccc(F)o3)c12. The highest BCUT2D eigenvalue weighted by atomic mass is 19.1. The lowest BCUT2D eigenvalue weighted by molar-refractivity contribution is -0.137. The fourth-order valence-electron chi connectivity index (χ4n) is 2.64. The Labute approximate surface area is 120 Å². The van der Waals surface area contributed by atoms with Crippen LogP contribution < -0.4 is 0 Å². The molecule has 0 aliphatic rings. The molecule has 3 aromatic rings. The van der Waals surface area contributed by atoms with E-state index in [-0.39, 0.29) is 12.3 Å². The largest absolute Gasteiger partial charge is 0.481 e. The number of aliphatic carboxylic acids is 1. The normalized spacial score (nSPS) is 12.7. The van der Waals surface area contributed by atoms with Crippen LogP contribution in [0, 0.1) is 6.01 Å². The van der Waals surface area contributed by atoms with Gasteiger partial charge in [-0.05, 0) is 23.6 Å². The number of carboxylic acids is 1. The second-order valence-corrected chi connectivity index (χ2v) is 5.07. The number of fused-ring (bicyclic) bond motifs is 1. The van der Waals surface area contributed by atoms with E-state index < -0.39 is 12.0 Å². The van der Waals surface area contributed by atoms with E-state index in [0.717, 1.165) is 22.0 Å². The molecule has 2 N–H and O–H groups in total. The monoisotopic (exact) mass is 287 g/mol. The van der Waals surface area contributed by atoms with Gasteiger partial charge in [0.05, 0.1) is 6.42 Å². The molecule has 0 bridgehead atoms. The summed E-state index contributed by atoms with van der Waals surface area (Å²) in [5, 5.41) is 9.84. The van der Waals surface area contributed by atoms with Gasteiger partial charge >= 0.3 is 5.97 Å². The third-order valence-corrected chi connectivity index (χ3v) is 3.59. The molecule has 108 valence electrons. The first-order valence-corrected chi connectivity index (χ1v) is 6.63. The molecular weight excluding hydrogens is 273 g/mol. The van der Waals surface area contributed by atoms with E-state index in [9.17, 15) is 9.18 Å². The van der Waals surface area contributed by atoms with E-state index in [0.29, 0.717) is 5.76 Å². The zero-order chi connectivity index (χ0) is 15.0. The van der Waals surface area contributed by atoms with Gasteiger partial charge in [-0.2, -0.15) is 4.39 Å². The quantitative estimate of drug-likeness (QED) is 0.757. The van der Waals surface area contributed by atoms with E-state index >= 15 is 0 Å². The second kappa shape index (κ2) is 5.09. The molecular formula is C16H14FNO3. The standard InChI is InChI=1S/C16H14FNO3/c1-9(7-15(19)20)11-8-18-12-4-2-3-10(16(11)12)13-5-6-14(17)21-13/h2-6,8-9,18H,7H2,1H3,(H,19,20). The minimum atomic E-state index is -0.849. The van der Waals surface area contributed by atoms with Gasteiger partial charge in [-0.1, -0.05) is 19.1 Å². The first-order valence-electron chi connectivity index (χ1n) is 6.63. The molecule has 0 amide bonds. The van der Waals surface area contributed by atoms with Gasteiger partial charge in [-0.15, -0.1) is 0 Å². The molecule has 5 heteroatoms. The Morgan fingerprint density at radius 2 is 2.19 bits per heavy atom. The molecule has 0 saturated heterocycles. The summed E-state index contributed by atoms with van der Waals surface area (Å²) in [6.07, 6.45) is 1.84. The Morgan fingerprint density at radius 3 is 2.86 bits per heavy atom. The number of rotatable bonds is 4. The Hall–Kier alpha value is -2.56. The molecule has 0 radical (unpaired) electrons. The Bertz CT molecular complexity index is 803. The Kier molecular flexibility index (Phi) is 3.25. The third kappa shape index (κ3) is 2.42. The summed E-state index contributed by atoms with van der Waals surface area (Å²) in [5.41, 5.74) is 2.52. The number of furan rings is 1. The van der Waals surface area contributed by atoms with Gasteiger partial charge in [0.15, 0.2) is 0 Å². The second-order valence-electron chi connectivity index (χ2n) is 5.07. The van der Waals surface area contributed by atoms with Crippen molar-refractivity contribution in [1.29, 1.82) is 0 Å². The Balaban J connectivity index is 2.17. The van der Waals surface area contributed by atoms with Gasteiger partial charge in [0.25, 0.3) is 6.01 Å². The zero-order valence-corrected chi connectivity index (χ0v) is 11.4. The number of aromatic nitrogens is 1. The van der Waals surface area contributed by atoms with E-state index in [1.54, 1.807) is 12.3 Å². The number of nitrogens with one attached hydrogen (secondary N) is 1. The number of benzene rings is 1. The van der Waals surface area contributed by atoms with Crippen molar-refractivity contribution in [3.05, 3.63) is 48.1 Å². The lowest BCUT2D eigenvalue weighted by Gasteiger charge is -2.09. The van der Waals surface area contributed by atoms with Crippen LogP contribution >= 0.6 is 0 Å². The van der Waals surface area contributed by atoms with Gasteiger partial charge in [0, 0.05) is 28.7 Å². The topological polar surface area (TPSA) is 66.2 Å². The average Bonchev–Trinajstić information content (AvgIpc) is 3.03. The summed E-state index contributed by atoms with van der Waals surface area (Å²) < 4.78 is 18.2. The summed E-state index contributed by atoms with van der Waals surface area (Å²) in [7, 11) is 0. The van der Waals surface area contributed by atoms with Crippen LogP contribution in [0.4, 0.5) is 4.39 Å². The number of hydrogen-bond acceptors (Lipinski definition) is 2. The summed E-state index contributed by atoms with van der Waals surface area (Å²) >= 11 is 0. The molecule has 0 aliphatic carbocycles. The summed E-state index contributed by atoms with van der Waals surface area (Å²) in [6, 6.07) is 7.78. The summed E-state index contributed by atoms with van der Waals surface area (Å²) in [4.78, 5) is 14.1. The van der Waals surface area contributed by atoms with Crippen molar-refractivity contribution in [1.82, 2.24) is 4.98 Å². The zero-order valence-electron chi connectivity index (χ0n) is 11.4. The number of halogens is 1. The Morgan fingerprint density at radius 1 is 1.38 bits per heavy atom. The fourth-order valence-corrected chi connectivity index (χ4v) is 2.64. The highest BCUT2D eigenvalue weighted by molar-refractivity contribution is 5.97. The average molecular weight is 287 g/mol. The number of hydrogen-bond donors (Lipinski definition) is 2. The summed E-state index contributed by atoms with van der Waals surface area (Å²) in [6.45, 7) is 1.86. The first-order chi connectivity index (χ1) is 10.1. The van der Waals surface area contributed by atoms with Crippen LogP contribution in [0.5, 0.6) is 0 Å². The lowest BCUT2D eigenvalue weighted by atomic mass is 9.94. The van der Waals surface area contributed by atoms with Crippen molar-refractivity contribution >= 4 is 16.9 Å². The van der Waals surface area contributed by atoms with Crippen LogP contribution in [-0.2, 0) is 4.79 Å². The highest BCUT2D eigenvalue weighted by Gasteiger charge is 2.18. The van der Waals surface area contributed by atoms with Gasteiger partial charge in [0.2, 0.25) is 0 Å². The molecule has 1 unspecified atom stereocenters. The minimum Gasteiger partial charge on any atom is -0.481 e. The molecule has 0 fully saturated rings. The maximum Gasteiger partial charge on any atom is 0.303 e. The molecule has 2 aromatic heterocycles. The van der Waals surface area contributed by atoms with Crippen LogP contribution in [0.15, 0.2) is 40.9 Å². The number of H-pyrrole nitrogens is 1. The van der Waals surface area contributed by atoms with Crippen molar-refractivity contribution in [3.63, 3.8) is 0 Å². The maximum absolute atomic E-state index is 13.1. The highest BCUT2D eigenvalue weighted by Crippen LogP contribution is 2.36. The molecule has 2 heterocycles. The predicted octanol–water partition coefficient (Wildman–Crippen LogP) is 4.15. The van der Waals surface area contributed by atoms with Crippen molar-refractivity contribution in [2.45, 2.75) is 19.3 Å². The molecule has 0 aliphatic heterocycles. The van der Waals surface area contributed by atoms with Crippen molar-refractivity contribution < 1.29 is 18.7 Å². The molecule has 1 aromatic carbocycles. The van der Waals surface area contributed by atoms with Crippen molar-refractivity contribution in [2.75, 3.05) is 0 Å². The van der Waals surface area contributed by atoms with Crippen molar-refractivity contribution in [3.8, 4) is 11.3 Å². The number of carboxylic acid groups (broad SMARTS) is 1. The van der Waals surface area contributed by atoms with Crippen LogP contribution in [0.2, 0.25) is 0 Å². The lowest BCUT2D eigenvalue weighted by Crippen LogP contribution is -2.02. The molecule has 1 atom stereocenters. The van der Waals surface area contributed by atoms with E-state index in [2.05, 4.69) is 4.98 Å². The van der Waals surface area contributed by atoms with E-state index in [1.807, 2.05) is 25.1 Å². The van der Waals surface area contributed by atoms with Crippen LogP contribution in [-0.4, -0.2) is 16.1 Å². The molecule has 4 nitrogen and oxygen atoms in total. The maximum atomic E-state index is 13.1. The van der Waals surface area contributed by atoms with Gasteiger partial charge in [0.1, 0.15) is 5.76 Å². The van der Waals surface area contributed by atoms with Gasteiger partial charge in [-0.3, -0.25) is 4.79 Å². The number of aromatic amines is 1. The summed E-state index contributed by atoms with van der Waals surface area (Å²) in [5.74, 6) is -0.572. The van der Waals surface area contributed by atoms with Crippen LogP contribution in [0.1, 0.15) is 24.8 Å². The van der Waals surface area contributed by atoms with Crippen LogP contribution in [0.3, 0.4) is 0 Å². The first kappa shape index (κ1) is 13.4. The molecule has 3 rings (SSSR count). The van der Waals surface area contributed by atoms with E-state index in [4.69, 9.17) is 9.52 Å². The van der Waals surface area contributed by atoms with E-state index in [1.165, 1.54) is 6.07 Å². The smallest absolute Gasteiger partial charge is 0.303 e. The number of carbonyl (C=O) groups is 1. The van der Waals surface area contributed by atoms with Gasteiger partial charge in [-0.25, -0.2) is 0 Å². The van der Waals surface area contributed by atoms with Crippen LogP contribution in [0.25, 0.3) is 22.2 Å². The van der Waals surface area contributed by atoms with Crippen molar-refractivity contribution in [2.24, 2.45) is 0 Å². The van der Waals surface area contributed by atoms with Gasteiger partial charge < -0.3 is 14.5 Å². The predicted molar refractivity (Wildman–Crippen MR) is 76.6 cm³/mol. The molecule has 0 saturated carbocycles. The molecule has 0 spiro atoms. The fraction of sp³-hybridized carbons (Fsp3) is 0.188. The molecule has 21 heavy (non-hydrogen) atoms. The minimum absolute atomic E-state index is 0.0355.